The molecule has 0 amide bonds. The largest absolute Gasteiger partial charge is 0.370 e. The lowest BCUT2D eigenvalue weighted by Crippen LogP contribution is -2.24. The molecule has 0 saturated carbocycles. The molecule has 3 nitrogen and oxygen atoms in total. The Balaban J connectivity index is 3.27. The third-order valence-electron chi connectivity index (χ3n) is 2.80. The van der Waals surface area contributed by atoms with E-state index in [0.29, 0.717) is 22.7 Å². The number of nitrogens with zero attached hydrogens (tertiary/aromatic N) is 2. The van der Waals surface area contributed by atoms with Crippen molar-refractivity contribution in [1.29, 1.82) is 0 Å². The second kappa shape index (κ2) is 6.38. The van der Waals surface area contributed by atoms with Crippen LogP contribution in [-0.2, 0) is 4.74 Å². The first-order chi connectivity index (χ1) is 8.68. The topological polar surface area (TPSA) is 35.0 Å². The highest BCUT2D eigenvalue weighted by Crippen LogP contribution is 2.37. The SMILES string of the molecule is CCOC(c1nc(Cl)c(C(C)C)c(Cl)n1)C(C)(C)C. The fourth-order valence-corrected chi connectivity index (χ4v) is 2.74. The smallest absolute Gasteiger partial charge is 0.161 e. The molecule has 1 heterocycles. The third kappa shape index (κ3) is 4.04. The van der Waals surface area contributed by atoms with Crippen LogP contribution in [0.15, 0.2) is 0 Å². The Hall–Kier alpha value is -0.380. The summed E-state index contributed by atoms with van der Waals surface area (Å²) in [4.78, 5) is 8.77. The number of aromatic nitrogens is 2. The van der Waals surface area contributed by atoms with Gasteiger partial charge in [0.25, 0.3) is 0 Å². The van der Waals surface area contributed by atoms with Crippen LogP contribution in [0.25, 0.3) is 0 Å². The standard InChI is InChI=1S/C14H22Cl2N2O/c1-7-19-10(14(4,5)6)13-17-11(15)9(8(2)3)12(16)18-13/h8,10H,7H2,1-6H3. The Kier molecular flexibility index (Phi) is 5.60. The number of hydrogen-bond acceptors (Lipinski definition) is 3. The molecule has 0 N–H and O–H groups in total. The molecule has 1 unspecified atom stereocenters. The lowest BCUT2D eigenvalue weighted by Gasteiger charge is -2.29. The van der Waals surface area contributed by atoms with Crippen molar-refractivity contribution in [3.63, 3.8) is 0 Å². The van der Waals surface area contributed by atoms with Gasteiger partial charge in [0.15, 0.2) is 5.82 Å². The summed E-state index contributed by atoms with van der Waals surface area (Å²) in [6, 6.07) is 0. The Morgan fingerprint density at radius 1 is 1.11 bits per heavy atom. The summed E-state index contributed by atoms with van der Waals surface area (Å²) in [6.07, 6.45) is -0.228. The van der Waals surface area contributed by atoms with Crippen LogP contribution in [0.2, 0.25) is 10.3 Å². The summed E-state index contributed by atoms with van der Waals surface area (Å²) in [5.41, 5.74) is 0.665. The summed E-state index contributed by atoms with van der Waals surface area (Å²) < 4.78 is 5.76. The van der Waals surface area contributed by atoms with E-state index in [1.54, 1.807) is 0 Å². The number of hydrogen-bond donors (Lipinski definition) is 0. The van der Waals surface area contributed by atoms with Crippen LogP contribution in [0.1, 0.15) is 65.0 Å². The van der Waals surface area contributed by atoms with Crippen LogP contribution < -0.4 is 0 Å². The van der Waals surface area contributed by atoms with Crippen molar-refractivity contribution in [3.05, 3.63) is 21.7 Å². The van der Waals surface area contributed by atoms with Crippen molar-refractivity contribution in [2.75, 3.05) is 6.61 Å². The first-order valence-electron chi connectivity index (χ1n) is 6.52. The summed E-state index contributed by atoms with van der Waals surface area (Å²) in [5.74, 6) is 0.739. The van der Waals surface area contributed by atoms with Crippen molar-refractivity contribution in [2.45, 2.75) is 53.6 Å². The zero-order valence-electron chi connectivity index (χ0n) is 12.4. The van der Waals surface area contributed by atoms with Crippen LogP contribution in [-0.4, -0.2) is 16.6 Å². The minimum atomic E-state index is -0.228. The second-order valence-electron chi connectivity index (χ2n) is 5.93. The molecule has 0 bridgehead atoms. The number of rotatable bonds is 4. The van der Waals surface area contributed by atoms with E-state index in [1.165, 1.54) is 0 Å². The average Bonchev–Trinajstić information content (AvgIpc) is 2.22. The summed E-state index contributed by atoms with van der Waals surface area (Å²) in [7, 11) is 0. The lowest BCUT2D eigenvalue weighted by molar-refractivity contribution is -0.0191. The molecule has 5 heteroatoms. The molecular formula is C14H22Cl2N2O. The highest BCUT2D eigenvalue weighted by atomic mass is 35.5. The first kappa shape index (κ1) is 16.7. The maximum atomic E-state index is 6.23. The average molecular weight is 305 g/mol. The zero-order valence-corrected chi connectivity index (χ0v) is 13.9. The highest BCUT2D eigenvalue weighted by molar-refractivity contribution is 6.34. The van der Waals surface area contributed by atoms with Gasteiger partial charge in [-0.05, 0) is 18.3 Å². The van der Waals surface area contributed by atoms with Gasteiger partial charge in [0.2, 0.25) is 0 Å². The molecule has 0 aliphatic carbocycles. The molecule has 108 valence electrons. The van der Waals surface area contributed by atoms with E-state index in [9.17, 15) is 0 Å². The monoisotopic (exact) mass is 304 g/mol. The van der Waals surface area contributed by atoms with Crippen LogP contribution in [0, 0.1) is 5.41 Å². The van der Waals surface area contributed by atoms with Gasteiger partial charge in [0.1, 0.15) is 16.4 Å². The van der Waals surface area contributed by atoms with E-state index in [1.807, 2.05) is 20.8 Å². The summed E-state index contributed by atoms with van der Waals surface area (Å²) in [6.45, 7) is 12.8. The van der Waals surface area contributed by atoms with Gasteiger partial charge < -0.3 is 4.74 Å². The Morgan fingerprint density at radius 3 is 1.89 bits per heavy atom. The minimum absolute atomic E-state index is 0.123. The van der Waals surface area contributed by atoms with E-state index in [4.69, 9.17) is 27.9 Å². The molecule has 0 aliphatic heterocycles. The van der Waals surface area contributed by atoms with Crippen molar-refractivity contribution in [3.8, 4) is 0 Å². The van der Waals surface area contributed by atoms with Gasteiger partial charge in [-0.2, -0.15) is 0 Å². The minimum Gasteiger partial charge on any atom is -0.370 e. The van der Waals surface area contributed by atoms with E-state index in [0.717, 1.165) is 5.56 Å². The third-order valence-corrected chi connectivity index (χ3v) is 3.38. The molecular weight excluding hydrogens is 283 g/mol. The molecule has 1 aromatic rings. The van der Waals surface area contributed by atoms with Crippen molar-refractivity contribution >= 4 is 23.2 Å². The second-order valence-corrected chi connectivity index (χ2v) is 6.65. The molecule has 0 radical (unpaired) electrons. The lowest BCUT2D eigenvalue weighted by atomic mass is 9.88. The molecule has 19 heavy (non-hydrogen) atoms. The van der Waals surface area contributed by atoms with Crippen molar-refractivity contribution in [1.82, 2.24) is 9.97 Å². The molecule has 0 aliphatic rings. The van der Waals surface area contributed by atoms with E-state index < -0.39 is 0 Å². The van der Waals surface area contributed by atoms with Crippen LogP contribution in [0.5, 0.6) is 0 Å². The molecule has 0 saturated heterocycles. The fourth-order valence-electron chi connectivity index (χ4n) is 1.90. The van der Waals surface area contributed by atoms with E-state index in [-0.39, 0.29) is 17.4 Å². The summed E-state index contributed by atoms with van der Waals surface area (Å²) >= 11 is 12.5. The van der Waals surface area contributed by atoms with Crippen LogP contribution in [0.3, 0.4) is 0 Å². The molecule has 1 atom stereocenters. The first-order valence-corrected chi connectivity index (χ1v) is 7.28. The molecule has 1 aromatic heterocycles. The maximum Gasteiger partial charge on any atom is 0.161 e. The van der Waals surface area contributed by atoms with E-state index in [2.05, 4.69) is 30.7 Å². The van der Waals surface area contributed by atoms with Gasteiger partial charge in [-0.1, -0.05) is 57.8 Å². The Morgan fingerprint density at radius 2 is 1.58 bits per heavy atom. The van der Waals surface area contributed by atoms with Crippen molar-refractivity contribution < 1.29 is 4.74 Å². The predicted molar refractivity (Wildman–Crippen MR) is 80.0 cm³/mol. The highest BCUT2D eigenvalue weighted by Gasteiger charge is 2.30. The summed E-state index contributed by atoms with van der Waals surface area (Å²) in [5, 5.41) is 0.831. The molecule has 1 rings (SSSR count). The van der Waals surface area contributed by atoms with Gasteiger partial charge in [-0.3, -0.25) is 0 Å². The number of halogens is 2. The Labute approximate surface area is 125 Å². The van der Waals surface area contributed by atoms with Gasteiger partial charge in [0, 0.05) is 12.2 Å². The molecule has 0 aromatic carbocycles. The normalized spacial score (nSPS) is 13.9. The number of ether oxygens (including phenoxy) is 1. The van der Waals surface area contributed by atoms with Gasteiger partial charge in [-0.25, -0.2) is 9.97 Å². The van der Waals surface area contributed by atoms with Gasteiger partial charge in [0.05, 0.1) is 0 Å². The fraction of sp³-hybridized carbons (Fsp3) is 0.714. The van der Waals surface area contributed by atoms with Gasteiger partial charge in [-0.15, -0.1) is 0 Å². The predicted octanol–water partition coefficient (Wildman–Crippen LogP) is 5.03. The van der Waals surface area contributed by atoms with Crippen LogP contribution >= 0.6 is 23.2 Å². The van der Waals surface area contributed by atoms with Crippen molar-refractivity contribution in [2.24, 2.45) is 5.41 Å². The van der Waals surface area contributed by atoms with E-state index >= 15 is 0 Å². The maximum absolute atomic E-state index is 6.23. The molecule has 0 fully saturated rings. The van der Waals surface area contributed by atoms with Gasteiger partial charge >= 0.3 is 0 Å². The Bertz CT molecular complexity index is 419. The quantitative estimate of drug-likeness (QED) is 0.732. The zero-order chi connectivity index (χ0) is 14.8. The van der Waals surface area contributed by atoms with Crippen LogP contribution in [0.4, 0.5) is 0 Å². The molecule has 0 spiro atoms.